The lowest BCUT2D eigenvalue weighted by molar-refractivity contribution is -0.142. The van der Waals surface area contributed by atoms with E-state index in [4.69, 9.17) is 0 Å². The molecule has 1 aromatic heterocycles. The molecule has 0 aliphatic carbocycles. The fourth-order valence-corrected chi connectivity index (χ4v) is 1.73. The standard InChI is InChI=1S/C10H10BrF2NO3/c1-2-17-6(15)3-5-4-14-9(11)7(8(5)16)10(12)13/h4,10H,2-3H2,1H3,(H,14,16). The van der Waals surface area contributed by atoms with Crippen molar-refractivity contribution in [1.29, 1.82) is 0 Å². The summed E-state index contributed by atoms with van der Waals surface area (Å²) in [4.78, 5) is 25.3. The Hall–Kier alpha value is -1.24. The molecule has 0 spiro atoms. The molecule has 1 N–H and O–H groups in total. The third-order valence-corrected chi connectivity index (χ3v) is 2.66. The second-order valence-corrected chi connectivity index (χ2v) is 3.95. The molecule has 0 aliphatic rings. The number of carbonyl (C=O) groups excluding carboxylic acids is 1. The number of halogens is 3. The van der Waals surface area contributed by atoms with Crippen LogP contribution in [0.5, 0.6) is 0 Å². The molecule has 1 aromatic rings. The second kappa shape index (κ2) is 5.90. The van der Waals surface area contributed by atoms with Crippen molar-refractivity contribution >= 4 is 21.9 Å². The largest absolute Gasteiger partial charge is 0.466 e. The molecular formula is C10H10BrF2NO3. The van der Waals surface area contributed by atoms with E-state index in [2.05, 4.69) is 25.7 Å². The van der Waals surface area contributed by atoms with Crippen LogP contribution in [-0.2, 0) is 16.0 Å². The third-order valence-electron chi connectivity index (χ3n) is 2.00. The zero-order chi connectivity index (χ0) is 13.0. The van der Waals surface area contributed by atoms with Crippen LogP contribution in [0.1, 0.15) is 24.5 Å². The summed E-state index contributed by atoms with van der Waals surface area (Å²) >= 11 is 2.83. The van der Waals surface area contributed by atoms with Crippen LogP contribution in [0.2, 0.25) is 0 Å². The molecule has 0 atom stereocenters. The molecule has 0 saturated heterocycles. The maximum Gasteiger partial charge on any atom is 0.310 e. The summed E-state index contributed by atoms with van der Waals surface area (Å²) in [5.74, 6) is -0.625. The average molecular weight is 310 g/mol. The lowest BCUT2D eigenvalue weighted by Gasteiger charge is -2.06. The van der Waals surface area contributed by atoms with Crippen molar-refractivity contribution in [3.05, 3.63) is 32.2 Å². The summed E-state index contributed by atoms with van der Waals surface area (Å²) in [6.07, 6.45) is -2.01. The Labute approximate surface area is 104 Å². The number of H-pyrrole nitrogens is 1. The lowest BCUT2D eigenvalue weighted by Crippen LogP contribution is -2.20. The van der Waals surface area contributed by atoms with E-state index < -0.39 is 23.4 Å². The first-order valence-electron chi connectivity index (χ1n) is 4.81. The molecule has 0 aliphatic heterocycles. The van der Waals surface area contributed by atoms with Crippen LogP contribution in [0, 0.1) is 0 Å². The Morgan fingerprint density at radius 2 is 2.24 bits per heavy atom. The maximum absolute atomic E-state index is 12.6. The van der Waals surface area contributed by atoms with Crippen molar-refractivity contribution < 1.29 is 18.3 Å². The highest BCUT2D eigenvalue weighted by Gasteiger charge is 2.20. The number of nitrogens with one attached hydrogen (secondary N) is 1. The molecule has 0 unspecified atom stereocenters. The van der Waals surface area contributed by atoms with E-state index in [0.717, 1.165) is 0 Å². The molecule has 7 heteroatoms. The molecule has 0 radical (unpaired) electrons. The first-order valence-corrected chi connectivity index (χ1v) is 5.60. The summed E-state index contributed by atoms with van der Waals surface area (Å²) in [7, 11) is 0. The van der Waals surface area contributed by atoms with Gasteiger partial charge in [-0.3, -0.25) is 9.59 Å². The Kier molecular flexibility index (Phi) is 4.80. The van der Waals surface area contributed by atoms with Gasteiger partial charge in [-0.05, 0) is 22.9 Å². The average Bonchev–Trinajstić information content (AvgIpc) is 2.22. The van der Waals surface area contributed by atoms with Crippen LogP contribution >= 0.6 is 15.9 Å². The Morgan fingerprint density at radius 3 is 2.76 bits per heavy atom. The van der Waals surface area contributed by atoms with Gasteiger partial charge in [0.25, 0.3) is 6.43 Å². The molecular weight excluding hydrogens is 300 g/mol. The van der Waals surface area contributed by atoms with Gasteiger partial charge in [0.15, 0.2) is 5.43 Å². The van der Waals surface area contributed by atoms with Gasteiger partial charge < -0.3 is 9.72 Å². The Morgan fingerprint density at radius 1 is 1.59 bits per heavy atom. The predicted molar refractivity (Wildman–Crippen MR) is 60.1 cm³/mol. The molecule has 0 amide bonds. The highest BCUT2D eigenvalue weighted by atomic mass is 79.9. The monoisotopic (exact) mass is 309 g/mol. The zero-order valence-corrected chi connectivity index (χ0v) is 10.5. The zero-order valence-electron chi connectivity index (χ0n) is 8.93. The van der Waals surface area contributed by atoms with Gasteiger partial charge in [-0.1, -0.05) is 0 Å². The molecule has 0 aromatic carbocycles. The van der Waals surface area contributed by atoms with Crippen LogP contribution in [-0.4, -0.2) is 17.6 Å². The van der Waals surface area contributed by atoms with Gasteiger partial charge in [0, 0.05) is 11.8 Å². The van der Waals surface area contributed by atoms with Crippen LogP contribution in [0.25, 0.3) is 0 Å². The van der Waals surface area contributed by atoms with E-state index in [-0.39, 0.29) is 23.2 Å². The van der Waals surface area contributed by atoms with Crippen molar-refractivity contribution in [2.24, 2.45) is 0 Å². The van der Waals surface area contributed by atoms with Crippen molar-refractivity contribution in [1.82, 2.24) is 4.98 Å². The van der Waals surface area contributed by atoms with Gasteiger partial charge in [-0.2, -0.15) is 0 Å². The van der Waals surface area contributed by atoms with Crippen molar-refractivity contribution in [2.45, 2.75) is 19.8 Å². The molecule has 4 nitrogen and oxygen atoms in total. The first-order chi connectivity index (χ1) is 7.97. The molecule has 0 bridgehead atoms. The van der Waals surface area contributed by atoms with Gasteiger partial charge in [-0.25, -0.2) is 8.78 Å². The van der Waals surface area contributed by atoms with Crippen LogP contribution < -0.4 is 5.43 Å². The quantitative estimate of drug-likeness (QED) is 0.685. The van der Waals surface area contributed by atoms with Crippen molar-refractivity contribution in [3.63, 3.8) is 0 Å². The van der Waals surface area contributed by atoms with E-state index in [1.165, 1.54) is 6.20 Å². The topological polar surface area (TPSA) is 59.2 Å². The smallest absolute Gasteiger partial charge is 0.310 e. The fourth-order valence-electron chi connectivity index (χ4n) is 1.26. The maximum atomic E-state index is 12.6. The molecule has 1 heterocycles. The van der Waals surface area contributed by atoms with Crippen LogP contribution in [0.4, 0.5) is 8.78 Å². The van der Waals surface area contributed by atoms with Crippen molar-refractivity contribution in [2.75, 3.05) is 6.61 Å². The summed E-state index contributed by atoms with van der Waals surface area (Å²) in [6.45, 7) is 1.79. The minimum Gasteiger partial charge on any atom is -0.466 e. The van der Waals surface area contributed by atoms with Gasteiger partial charge >= 0.3 is 5.97 Å². The Bertz CT molecular complexity index is 473. The van der Waals surface area contributed by atoms with E-state index in [9.17, 15) is 18.4 Å². The highest BCUT2D eigenvalue weighted by Crippen LogP contribution is 2.22. The minimum atomic E-state index is -2.91. The number of carbonyl (C=O) groups is 1. The number of hydrogen-bond donors (Lipinski definition) is 1. The summed E-state index contributed by atoms with van der Waals surface area (Å²) in [6, 6.07) is 0. The number of ether oxygens (including phenoxy) is 1. The molecule has 0 saturated carbocycles. The third kappa shape index (κ3) is 3.36. The summed E-state index contributed by atoms with van der Waals surface area (Å²) < 4.78 is 29.7. The summed E-state index contributed by atoms with van der Waals surface area (Å²) in [5.41, 5.74) is -1.56. The number of aromatic amines is 1. The van der Waals surface area contributed by atoms with Gasteiger partial charge in [-0.15, -0.1) is 0 Å². The molecule has 0 fully saturated rings. The number of pyridine rings is 1. The van der Waals surface area contributed by atoms with Crippen LogP contribution in [0.15, 0.2) is 15.6 Å². The minimum absolute atomic E-state index is 0.0399. The molecule has 17 heavy (non-hydrogen) atoms. The van der Waals surface area contributed by atoms with E-state index in [0.29, 0.717) is 0 Å². The number of aromatic nitrogens is 1. The van der Waals surface area contributed by atoms with Crippen LogP contribution in [0.3, 0.4) is 0 Å². The van der Waals surface area contributed by atoms with Gasteiger partial charge in [0.2, 0.25) is 0 Å². The normalized spacial score (nSPS) is 10.6. The number of hydrogen-bond acceptors (Lipinski definition) is 3. The molecule has 1 rings (SSSR count). The number of alkyl halides is 2. The van der Waals surface area contributed by atoms with E-state index in [1.54, 1.807) is 6.92 Å². The number of esters is 1. The lowest BCUT2D eigenvalue weighted by atomic mass is 10.1. The highest BCUT2D eigenvalue weighted by molar-refractivity contribution is 9.10. The van der Waals surface area contributed by atoms with E-state index >= 15 is 0 Å². The van der Waals surface area contributed by atoms with E-state index in [1.807, 2.05) is 0 Å². The Balaban J connectivity index is 3.07. The first kappa shape index (κ1) is 13.8. The fraction of sp³-hybridized carbons (Fsp3) is 0.400. The molecule has 94 valence electrons. The second-order valence-electron chi connectivity index (χ2n) is 3.15. The van der Waals surface area contributed by atoms with Gasteiger partial charge in [0.05, 0.1) is 23.2 Å². The SMILES string of the molecule is CCOC(=O)Cc1c[nH]c(Br)c(C(F)F)c1=O. The van der Waals surface area contributed by atoms with Gasteiger partial charge in [0.1, 0.15) is 0 Å². The van der Waals surface area contributed by atoms with Crippen molar-refractivity contribution in [3.8, 4) is 0 Å². The number of rotatable bonds is 4. The predicted octanol–water partition coefficient (Wildman–Crippen LogP) is 2.18. The summed E-state index contributed by atoms with van der Waals surface area (Å²) in [5, 5.41) is 0.